The van der Waals surface area contributed by atoms with Crippen LogP contribution in [-0.2, 0) is 4.79 Å². The number of nitrogens with one attached hydrogen (secondary N) is 1. The number of aryl methyl sites for hydroxylation is 1. The van der Waals surface area contributed by atoms with E-state index in [2.05, 4.69) is 5.32 Å². The molecule has 3 N–H and O–H groups in total. The third-order valence-electron chi connectivity index (χ3n) is 3.02. The van der Waals surface area contributed by atoms with Crippen LogP contribution >= 0.6 is 11.6 Å². The highest BCUT2D eigenvalue weighted by molar-refractivity contribution is 6.33. The highest BCUT2D eigenvalue weighted by atomic mass is 35.5. The van der Waals surface area contributed by atoms with Crippen molar-refractivity contribution in [1.82, 2.24) is 0 Å². The first-order valence-corrected chi connectivity index (χ1v) is 6.07. The van der Waals surface area contributed by atoms with Gasteiger partial charge in [0.15, 0.2) is 0 Å². The summed E-state index contributed by atoms with van der Waals surface area (Å²) >= 11 is 5.94. The Morgan fingerprint density at radius 1 is 1.35 bits per heavy atom. The van der Waals surface area contributed by atoms with Crippen molar-refractivity contribution in [1.29, 1.82) is 0 Å². The summed E-state index contributed by atoms with van der Waals surface area (Å²) in [5, 5.41) is 3.34. The number of benzene rings is 1. The molecule has 0 aliphatic carbocycles. The smallest absolute Gasteiger partial charge is 0.227 e. The van der Waals surface area contributed by atoms with Crippen molar-refractivity contribution in [3.05, 3.63) is 22.7 Å². The molecule has 1 rings (SSSR count). The van der Waals surface area contributed by atoms with E-state index in [4.69, 9.17) is 17.3 Å². The Kier molecular flexibility index (Phi) is 4.40. The van der Waals surface area contributed by atoms with Gasteiger partial charge in [-0.05, 0) is 30.5 Å². The first kappa shape index (κ1) is 13.8. The highest BCUT2D eigenvalue weighted by Gasteiger charge is 2.17. The number of carbonyl (C=O) groups excluding carboxylic acids is 1. The van der Waals surface area contributed by atoms with Crippen molar-refractivity contribution in [2.24, 2.45) is 11.8 Å². The molecule has 1 unspecified atom stereocenters. The zero-order valence-electron chi connectivity index (χ0n) is 10.7. The summed E-state index contributed by atoms with van der Waals surface area (Å²) in [6, 6.07) is 3.45. The zero-order valence-corrected chi connectivity index (χ0v) is 11.4. The Morgan fingerprint density at radius 3 is 2.47 bits per heavy atom. The maximum absolute atomic E-state index is 11.9. The molecular formula is C13H19ClN2O. The van der Waals surface area contributed by atoms with Crippen molar-refractivity contribution in [3.63, 3.8) is 0 Å². The van der Waals surface area contributed by atoms with Gasteiger partial charge in [-0.2, -0.15) is 0 Å². The van der Waals surface area contributed by atoms with Crippen LogP contribution in [0.1, 0.15) is 26.3 Å². The van der Waals surface area contributed by atoms with Crippen molar-refractivity contribution in [3.8, 4) is 0 Å². The molecule has 94 valence electrons. The fraction of sp³-hybridized carbons (Fsp3) is 0.462. The van der Waals surface area contributed by atoms with Gasteiger partial charge in [0, 0.05) is 11.6 Å². The summed E-state index contributed by atoms with van der Waals surface area (Å²) in [5.41, 5.74) is 7.85. The molecule has 17 heavy (non-hydrogen) atoms. The van der Waals surface area contributed by atoms with Crippen LogP contribution in [-0.4, -0.2) is 5.91 Å². The van der Waals surface area contributed by atoms with E-state index < -0.39 is 0 Å². The van der Waals surface area contributed by atoms with E-state index in [9.17, 15) is 4.79 Å². The first-order chi connectivity index (χ1) is 7.82. The largest absolute Gasteiger partial charge is 0.398 e. The van der Waals surface area contributed by atoms with E-state index in [1.165, 1.54) is 0 Å². The number of hydrogen-bond donors (Lipinski definition) is 2. The molecule has 0 aliphatic heterocycles. The molecule has 1 aromatic carbocycles. The van der Waals surface area contributed by atoms with Gasteiger partial charge in [-0.1, -0.05) is 32.4 Å². The quantitative estimate of drug-likeness (QED) is 0.812. The van der Waals surface area contributed by atoms with Crippen LogP contribution in [0, 0.1) is 18.8 Å². The molecule has 0 saturated heterocycles. The van der Waals surface area contributed by atoms with Gasteiger partial charge in [0.1, 0.15) is 0 Å². The van der Waals surface area contributed by atoms with Crippen molar-refractivity contribution in [2.75, 3.05) is 11.1 Å². The average Bonchev–Trinajstić information content (AvgIpc) is 2.24. The SMILES string of the molecule is Cc1cc(N)c(Cl)cc1NC(=O)C(C)C(C)C. The molecule has 1 amide bonds. The summed E-state index contributed by atoms with van der Waals surface area (Å²) in [6.45, 7) is 7.84. The zero-order chi connectivity index (χ0) is 13.2. The molecule has 3 nitrogen and oxygen atoms in total. The number of amides is 1. The van der Waals surface area contributed by atoms with Crippen LogP contribution < -0.4 is 11.1 Å². The molecular weight excluding hydrogens is 236 g/mol. The Balaban J connectivity index is 2.89. The summed E-state index contributed by atoms with van der Waals surface area (Å²) in [4.78, 5) is 11.9. The van der Waals surface area contributed by atoms with Gasteiger partial charge >= 0.3 is 0 Å². The summed E-state index contributed by atoms with van der Waals surface area (Å²) < 4.78 is 0. The molecule has 0 radical (unpaired) electrons. The molecule has 0 bridgehead atoms. The number of hydrogen-bond acceptors (Lipinski definition) is 2. The Bertz CT molecular complexity index is 430. The van der Waals surface area contributed by atoms with Crippen molar-refractivity contribution in [2.45, 2.75) is 27.7 Å². The lowest BCUT2D eigenvalue weighted by Gasteiger charge is -2.17. The van der Waals surface area contributed by atoms with E-state index in [0.29, 0.717) is 16.6 Å². The molecule has 0 fully saturated rings. The minimum atomic E-state index is -0.0364. The summed E-state index contributed by atoms with van der Waals surface area (Å²) in [5.74, 6) is 0.272. The normalized spacial score (nSPS) is 12.6. The molecule has 0 saturated carbocycles. The molecule has 0 heterocycles. The predicted octanol–water partition coefficient (Wildman–Crippen LogP) is 3.46. The second kappa shape index (κ2) is 5.41. The Morgan fingerprint density at radius 2 is 1.94 bits per heavy atom. The van der Waals surface area contributed by atoms with Crippen molar-refractivity contribution < 1.29 is 4.79 Å². The number of nitrogens with two attached hydrogens (primary N) is 1. The number of nitrogen functional groups attached to an aromatic ring is 1. The Hall–Kier alpha value is -1.22. The maximum Gasteiger partial charge on any atom is 0.227 e. The number of carbonyl (C=O) groups is 1. The van der Waals surface area contributed by atoms with Crippen molar-refractivity contribution >= 4 is 28.9 Å². The lowest BCUT2D eigenvalue weighted by atomic mass is 9.97. The third-order valence-corrected chi connectivity index (χ3v) is 3.34. The molecule has 1 atom stereocenters. The summed E-state index contributed by atoms with van der Waals surface area (Å²) in [6.07, 6.45) is 0. The van der Waals surface area contributed by atoms with Gasteiger partial charge in [-0.3, -0.25) is 4.79 Å². The Labute approximate surface area is 107 Å². The average molecular weight is 255 g/mol. The first-order valence-electron chi connectivity index (χ1n) is 5.69. The molecule has 4 heteroatoms. The number of anilines is 2. The van der Waals surface area contributed by atoms with Gasteiger partial charge in [0.25, 0.3) is 0 Å². The lowest BCUT2D eigenvalue weighted by molar-refractivity contribution is -0.120. The standard InChI is InChI=1S/C13H19ClN2O/c1-7(2)9(4)13(17)16-12-6-10(14)11(15)5-8(12)3/h5-7,9H,15H2,1-4H3,(H,16,17). The number of rotatable bonds is 3. The fourth-order valence-electron chi connectivity index (χ4n) is 1.39. The van der Waals surface area contributed by atoms with Gasteiger partial charge in [0.2, 0.25) is 5.91 Å². The molecule has 0 aromatic heterocycles. The van der Waals surface area contributed by atoms with Crippen LogP contribution in [0.4, 0.5) is 11.4 Å². The summed E-state index contributed by atoms with van der Waals surface area (Å²) in [7, 11) is 0. The second-order valence-corrected chi connectivity index (χ2v) is 5.12. The highest BCUT2D eigenvalue weighted by Crippen LogP contribution is 2.27. The van der Waals surface area contributed by atoms with Crippen LogP contribution in [0.3, 0.4) is 0 Å². The van der Waals surface area contributed by atoms with E-state index in [-0.39, 0.29) is 11.8 Å². The van der Waals surface area contributed by atoms with E-state index in [1.54, 1.807) is 12.1 Å². The van der Waals surface area contributed by atoms with Crippen LogP contribution in [0.25, 0.3) is 0 Å². The van der Waals surface area contributed by atoms with Gasteiger partial charge in [-0.25, -0.2) is 0 Å². The number of halogens is 1. The van der Waals surface area contributed by atoms with Gasteiger partial charge in [-0.15, -0.1) is 0 Å². The topological polar surface area (TPSA) is 55.1 Å². The lowest BCUT2D eigenvalue weighted by Crippen LogP contribution is -2.24. The van der Waals surface area contributed by atoms with E-state index in [1.807, 2.05) is 27.7 Å². The predicted molar refractivity (Wildman–Crippen MR) is 73.2 cm³/mol. The molecule has 1 aromatic rings. The minimum Gasteiger partial charge on any atom is -0.398 e. The van der Waals surface area contributed by atoms with Crippen LogP contribution in [0.5, 0.6) is 0 Å². The van der Waals surface area contributed by atoms with Gasteiger partial charge in [0.05, 0.1) is 10.7 Å². The van der Waals surface area contributed by atoms with Gasteiger partial charge < -0.3 is 11.1 Å². The fourth-order valence-corrected chi connectivity index (χ4v) is 1.55. The van der Waals surface area contributed by atoms with Crippen LogP contribution in [0.15, 0.2) is 12.1 Å². The second-order valence-electron chi connectivity index (χ2n) is 4.71. The maximum atomic E-state index is 11.9. The molecule has 0 spiro atoms. The van der Waals surface area contributed by atoms with E-state index in [0.717, 1.165) is 11.3 Å². The third kappa shape index (κ3) is 3.37. The monoisotopic (exact) mass is 254 g/mol. The van der Waals surface area contributed by atoms with Crippen LogP contribution in [0.2, 0.25) is 5.02 Å². The van der Waals surface area contributed by atoms with E-state index >= 15 is 0 Å². The minimum absolute atomic E-state index is 0.00365. The molecule has 0 aliphatic rings.